The molecule has 2 atom stereocenters. The van der Waals surface area contributed by atoms with Crippen LogP contribution in [0.5, 0.6) is 0 Å². The topological polar surface area (TPSA) is 34.9 Å². The Kier molecular flexibility index (Phi) is 4.01. The zero-order valence-corrected chi connectivity index (χ0v) is 16.5. The minimum absolute atomic E-state index is 0.0819. The van der Waals surface area contributed by atoms with Gasteiger partial charge in [-0.2, -0.15) is 4.98 Å². The van der Waals surface area contributed by atoms with E-state index >= 15 is 0 Å². The second-order valence-corrected chi connectivity index (χ2v) is 8.99. The largest absolute Gasteiger partial charge is 0.303 e. The van der Waals surface area contributed by atoms with E-state index in [9.17, 15) is 4.79 Å². The summed E-state index contributed by atoms with van der Waals surface area (Å²) >= 11 is 5.89. The van der Waals surface area contributed by atoms with Crippen molar-refractivity contribution in [1.82, 2.24) is 9.55 Å². The quantitative estimate of drug-likeness (QED) is 0.323. The molecule has 0 saturated carbocycles. The third kappa shape index (κ3) is 2.37. The van der Waals surface area contributed by atoms with Crippen LogP contribution in [0.3, 0.4) is 0 Å². The molecule has 3 heterocycles. The average Bonchev–Trinajstić information content (AvgIpc) is 3.06. The molecule has 0 saturated heterocycles. The van der Waals surface area contributed by atoms with Gasteiger partial charge in [-0.3, -0.25) is 4.79 Å². The van der Waals surface area contributed by atoms with Crippen molar-refractivity contribution in [3.05, 3.63) is 56.7 Å². The summed E-state index contributed by atoms with van der Waals surface area (Å²) in [5, 5.41) is 2.06. The molecule has 0 radical (unpaired) electrons. The lowest BCUT2D eigenvalue weighted by atomic mass is 10.0. The number of alkyl halides is 1. The van der Waals surface area contributed by atoms with Crippen molar-refractivity contribution >= 4 is 55.9 Å². The van der Waals surface area contributed by atoms with Gasteiger partial charge in [0.05, 0.1) is 11.4 Å². The molecule has 0 spiro atoms. The first kappa shape index (κ1) is 15.7. The van der Waals surface area contributed by atoms with E-state index in [-0.39, 0.29) is 11.6 Å². The van der Waals surface area contributed by atoms with Gasteiger partial charge in [-0.1, -0.05) is 64.7 Å². The lowest BCUT2D eigenvalue weighted by Crippen LogP contribution is -2.20. The molecule has 23 heavy (non-hydrogen) atoms. The van der Waals surface area contributed by atoms with Crippen molar-refractivity contribution in [3.8, 4) is 0 Å². The molecule has 3 nitrogen and oxygen atoms in total. The van der Waals surface area contributed by atoms with Gasteiger partial charge in [0, 0.05) is 14.6 Å². The Balaban J connectivity index is 2.05. The molecule has 1 aliphatic heterocycles. The first-order valence-corrected chi connectivity index (χ1v) is 10.6. The molecule has 4 rings (SSSR count). The number of nitrogens with zero attached hydrogens (tertiary/aromatic N) is 2. The van der Waals surface area contributed by atoms with Crippen LogP contribution in [-0.2, 0) is 0 Å². The van der Waals surface area contributed by atoms with Crippen molar-refractivity contribution in [2.75, 3.05) is 4.43 Å². The molecule has 1 aliphatic rings. The summed E-state index contributed by atoms with van der Waals surface area (Å²) in [7, 11) is 0. The van der Waals surface area contributed by atoms with Gasteiger partial charge in [0.2, 0.25) is 0 Å². The van der Waals surface area contributed by atoms with Crippen LogP contribution in [-0.4, -0.2) is 19.2 Å². The maximum Gasteiger partial charge on any atom is 0.282 e. The standard InChI is InChI=1S/C17H15IN2OS2/c1-9-10(2)22-16-13(9)15(21)19-17-20(16)14(12(8-18)23-17)11-6-4-3-5-7-11/h3-7,12,14H,8H2,1-2H3/t12-,14+/m0/s1. The first-order valence-electron chi connectivity index (χ1n) is 7.41. The van der Waals surface area contributed by atoms with Crippen LogP contribution in [0.25, 0.3) is 10.2 Å². The van der Waals surface area contributed by atoms with Crippen molar-refractivity contribution < 1.29 is 0 Å². The molecule has 1 aromatic carbocycles. The fraction of sp³-hybridized carbons (Fsp3) is 0.294. The molecule has 0 bridgehead atoms. The maximum absolute atomic E-state index is 12.5. The van der Waals surface area contributed by atoms with Gasteiger partial charge in [0.25, 0.3) is 5.56 Å². The van der Waals surface area contributed by atoms with Gasteiger partial charge < -0.3 is 4.57 Å². The highest BCUT2D eigenvalue weighted by Crippen LogP contribution is 2.46. The molecule has 2 aromatic heterocycles. The van der Waals surface area contributed by atoms with Gasteiger partial charge in [0.1, 0.15) is 4.83 Å². The van der Waals surface area contributed by atoms with Crippen molar-refractivity contribution in [2.24, 2.45) is 0 Å². The van der Waals surface area contributed by atoms with Gasteiger partial charge in [-0.05, 0) is 25.0 Å². The van der Waals surface area contributed by atoms with E-state index in [2.05, 4.69) is 63.3 Å². The number of aromatic nitrogens is 2. The molecule has 0 N–H and O–H groups in total. The Morgan fingerprint density at radius 2 is 2.00 bits per heavy atom. The van der Waals surface area contributed by atoms with Crippen LogP contribution in [0, 0.1) is 13.8 Å². The SMILES string of the molecule is Cc1sc2c(c1C)c(=O)nc1n2[C@H](c2ccccc2)[C@H](CI)S1. The molecule has 0 amide bonds. The number of fused-ring (bicyclic) bond motifs is 3. The molecule has 3 aromatic rings. The van der Waals surface area contributed by atoms with Gasteiger partial charge >= 0.3 is 0 Å². The number of aryl methyl sites for hydroxylation is 2. The normalized spacial score (nSPS) is 20.1. The highest BCUT2D eigenvalue weighted by molar-refractivity contribution is 14.1. The Morgan fingerprint density at radius 3 is 2.70 bits per heavy atom. The number of thiophene rings is 1. The summed E-state index contributed by atoms with van der Waals surface area (Å²) in [6, 6.07) is 10.8. The fourth-order valence-corrected chi connectivity index (χ4v) is 6.60. The number of hydrogen-bond donors (Lipinski definition) is 0. The second-order valence-electron chi connectivity index (χ2n) is 5.70. The van der Waals surface area contributed by atoms with Gasteiger partial charge in [-0.25, -0.2) is 0 Å². The molecule has 0 unspecified atom stereocenters. The molecular formula is C17H15IN2OS2. The summed E-state index contributed by atoms with van der Waals surface area (Å²) in [5.41, 5.74) is 2.28. The lowest BCUT2D eigenvalue weighted by molar-refractivity contribution is 0.576. The average molecular weight is 454 g/mol. The minimum Gasteiger partial charge on any atom is -0.303 e. The zero-order valence-electron chi connectivity index (χ0n) is 12.7. The molecule has 6 heteroatoms. The fourth-order valence-electron chi connectivity index (χ4n) is 3.14. The van der Waals surface area contributed by atoms with E-state index in [1.807, 2.05) is 13.0 Å². The Hall–Kier alpha value is -0.860. The van der Waals surface area contributed by atoms with Crippen LogP contribution in [0.1, 0.15) is 22.0 Å². The van der Waals surface area contributed by atoms with Crippen molar-refractivity contribution in [3.63, 3.8) is 0 Å². The summed E-state index contributed by atoms with van der Waals surface area (Å²) in [5.74, 6) is 0. The zero-order chi connectivity index (χ0) is 16.1. The minimum atomic E-state index is -0.0819. The number of hydrogen-bond acceptors (Lipinski definition) is 4. The van der Waals surface area contributed by atoms with E-state index < -0.39 is 0 Å². The predicted molar refractivity (Wildman–Crippen MR) is 106 cm³/mol. The van der Waals surface area contributed by atoms with E-state index in [4.69, 9.17) is 0 Å². The van der Waals surface area contributed by atoms with Crippen LogP contribution in [0.2, 0.25) is 0 Å². The number of halogens is 1. The highest BCUT2D eigenvalue weighted by atomic mass is 127. The monoisotopic (exact) mass is 454 g/mol. The van der Waals surface area contributed by atoms with Gasteiger partial charge in [0.15, 0.2) is 5.16 Å². The third-order valence-electron chi connectivity index (χ3n) is 4.38. The van der Waals surface area contributed by atoms with E-state index in [0.717, 1.165) is 25.4 Å². The highest BCUT2D eigenvalue weighted by Gasteiger charge is 2.36. The smallest absolute Gasteiger partial charge is 0.282 e. The number of thioether (sulfide) groups is 1. The molecule has 118 valence electrons. The summed E-state index contributed by atoms with van der Waals surface area (Å²) in [4.78, 5) is 19.2. The summed E-state index contributed by atoms with van der Waals surface area (Å²) in [6.07, 6.45) is 0. The van der Waals surface area contributed by atoms with Crippen LogP contribution in [0.15, 0.2) is 40.3 Å². The van der Waals surface area contributed by atoms with E-state index in [1.54, 1.807) is 23.1 Å². The molecule has 0 fully saturated rings. The van der Waals surface area contributed by atoms with Gasteiger partial charge in [-0.15, -0.1) is 11.3 Å². The Morgan fingerprint density at radius 1 is 1.26 bits per heavy atom. The lowest BCUT2D eigenvalue weighted by Gasteiger charge is -2.20. The third-order valence-corrected chi connectivity index (χ3v) is 8.36. The van der Waals surface area contributed by atoms with Crippen LogP contribution < -0.4 is 5.56 Å². The van der Waals surface area contributed by atoms with E-state index in [0.29, 0.717) is 5.25 Å². The number of benzene rings is 1. The Bertz CT molecular complexity index is 949. The Labute approximate surface area is 156 Å². The molecule has 0 aliphatic carbocycles. The van der Waals surface area contributed by atoms with Crippen LogP contribution in [0.4, 0.5) is 0 Å². The van der Waals surface area contributed by atoms with E-state index in [1.165, 1.54) is 10.4 Å². The summed E-state index contributed by atoms with van der Waals surface area (Å²) < 4.78 is 3.31. The van der Waals surface area contributed by atoms with Crippen LogP contribution >= 0.6 is 45.7 Å². The molecular weight excluding hydrogens is 439 g/mol. The second kappa shape index (κ2) is 5.89. The van der Waals surface area contributed by atoms with Crippen molar-refractivity contribution in [1.29, 1.82) is 0 Å². The predicted octanol–water partition coefficient (Wildman–Crippen LogP) is 4.57. The van der Waals surface area contributed by atoms with Crippen molar-refractivity contribution in [2.45, 2.75) is 30.3 Å². The first-order chi connectivity index (χ1) is 11.1. The summed E-state index contributed by atoms with van der Waals surface area (Å²) in [6.45, 7) is 4.11. The number of rotatable bonds is 2. The maximum atomic E-state index is 12.5.